The molecule has 1 aromatic heterocycles. The third-order valence-electron chi connectivity index (χ3n) is 3.98. The van der Waals surface area contributed by atoms with Crippen molar-refractivity contribution in [1.82, 2.24) is 14.9 Å². The Morgan fingerprint density at radius 1 is 1.04 bits per heavy atom. The molecule has 26 heavy (non-hydrogen) atoms. The highest BCUT2D eigenvalue weighted by molar-refractivity contribution is 7.99. The Bertz CT molecular complexity index is 857. The topological polar surface area (TPSA) is 75.2 Å². The number of hydrogen-bond acceptors (Lipinski definition) is 6. The molecule has 0 bridgehead atoms. The summed E-state index contributed by atoms with van der Waals surface area (Å²) in [5.41, 5.74) is 3.16. The summed E-state index contributed by atoms with van der Waals surface area (Å²) in [4.78, 5) is 0. The second kappa shape index (κ2) is 8.14. The van der Waals surface area contributed by atoms with Gasteiger partial charge in [-0.1, -0.05) is 30.0 Å². The first-order valence-electron chi connectivity index (χ1n) is 8.27. The summed E-state index contributed by atoms with van der Waals surface area (Å²) in [6.45, 7) is 4.67. The van der Waals surface area contributed by atoms with Gasteiger partial charge >= 0.3 is 0 Å². The molecule has 0 aliphatic carbocycles. The van der Waals surface area contributed by atoms with E-state index in [2.05, 4.69) is 10.2 Å². The van der Waals surface area contributed by atoms with Crippen molar-refractivity contribution < 1.29 is 9.47 Å². The second-order valence-electron chi connectivity index (χ2n) is 5.82. The molecule has 7 heteroatoms. The summed E-state index contributed by atoms with van der Waals surface area (Å²) < 4.78 is 12.6. The van der Waals surface area contributed by atoms with E-state index in [-0.39, 0.29) is 0 Å². The van der Waals surface area contributed by atoms with E-state index in [4.69, 9.17) is 15.3 Å². The highest BCUT2D eigenvalue weighted by Crippen LogP contribution is 2.25. The van der Waals surface area contributed by atoms with Gasteiger partial charge in [-0.15, -0.1) is 10.2 Å². The van der Waals surface area contributed by atoms with Crippen molar-refractivity contribution in [2.75, 3.05) is 25.3 Å². The van der Waals surface area contributed by atoms with Crippen LogP contribution in [-0.2, 0) is 0 Å². The zero-order valence-corrected chi connectivity index (χ0v) is 15.9. The first-order chi connectivity index (χ1) is 12.6. The molecule has 3 aromatic rings. The Labute approximate surface area is 157 Å². The van der Waals surface area contributed by atoms with E-state index in [1.807, 2.05) is 56.3 Å². The number of nitrogens with zero attached hydrogens (tertiary/aromatic N) is 3. The number of hydrogen-bond donors (Lipinski definition) is 1. The van der Waals surface area contributed by atoms with Crippen molar-refractivity contribution in [1.29, 1.82) is 0 Å². The highest BCUT2D eigenvalue weighted by atomic mass is 32.2. The number of para-hydroxylation sites is 1. The lowest BCUT2D eigenvalue weighted by Gasteiger charge is -2.11. The molecule has 2 N–H and O–H groups in total. The van der Waals surface area contributed by atoms with Crippen LogP contribution in [0, 0.1) is 13.8 Å². The van der Waals surface area contributed by atoms with E-state index >= 15 is 0 Å². The fourth-order valence-corrected chi connectivity index (χ4v) is 3.29. The van der Waals surface area contributed by atoms with Crippen LogP contribution in [0.3, 0.4) is 0 Å². The minimum atomic E-state index is 0.571. The van der Waals surface area contributed by atoms with Gasteiger partial charge in [0.1, 0.15) is 11.5 Å². The number of aromatic nitrogens is 3. The number of aryl methyl sites for hydroxylation is 2. The van der Waals surface area contributed by atoms with Gasteiger partial charge in [-0.2, -0.15) is 0 Å². The molecule has 0 fully saturated rings. The molecule has 0 aliphatic heterocycles. The van der Waals surface area contributed by atoms with Crippen molar-refractivity contribution in [3.8, 4) is 22.9 Å². The number of methoxy groups -OCH3 is 1. The monoisotopic (exact) mass is 370 g/mol. The molecule has 6 nitrogen and oxygen atoms in total. The van der Waals surface area contributed by atoms with Gasteiger partial charge in [0.15, 0.2) is 5.82 Å². The van der Waals surface area contributed by atoms with Crippen LogP contribution in [-0.4, -0.2) is 34.3 Å². The number of benzene rings is 2. The Kier molecular flexibility index (Phi) is 5.68. The number of nitrogens with two attached hydrogens (primary N) is 1. The van der Waals surface area contributed by atoms with Gasteiger partial charge in [0, 0.05) is 11.3 Å². The van der Waals surface area contributed by atoms with E-state index in [0.29, 0.717) is 17.6 Å². The zero-order chi connectivity index (χ0) is 18.5. The highest BCUT2D eigenvalue weighted by Gasteiger charge is 2.12. The van der Waals surface area contributed by atoms with Crippen LogP contribution in [0.4, 0.5) is 0 Å². The van der Waals surface area contributed by atoms with Crippen LogP contribution in [0.1, 0.15) is 11.1 Å². The minimum Gasteiger partial charge on any atom is -0.497 e. The Morgan fingerprint density at radius 2 is 1.73 bits per heavy atom. The van der Waals surface area contributed by atoms with E-state index in [1.165, 1.54) is 16.4 Å². The maximum Gasteiger partial charge on any atom is 0.210 e. The van der Waals surface area contributed by atoms with Crippen LogP contribution in [0.15, 0.2) is 47.6 Å². The molecule has 0 spiro atoms. The van der Waals surface area contributed by atoms with E-state index in [1.54, 1.807) is 7.11 Å². The maximum absolute atomic E-state index is 6.15. The zero-order valence-electron chi connectivity index (χ0n) is 15.1. The average Bonchev–Trinajstić information content (AvgIpc) is 3.01. The largest absolute Gasteiger partial charge is 0.497 e. The molecule has 2 aromatic carbocycles. The fourth-order valence-electron chi connectivity index (χ4n) is 2.62. The predicted octanol–water partition coefficient (Wildman–Crippen LogP) is 3.46. The van der Waals surface area contributed by atoms with Gasteiger partial charge < -0.3 is 15.3 Å². The molecule has 3 rings (SSSR count). The number of ether oxygens (including phenoxy) is 2. The first-order valence-corrected chi connectivity index (χ1v) is 9.25. The number of thioether (sulfide) groups is 1. The van der Waals surface area contributed by atoms with Gasteiger partial charge in [0.05, 0.1) is 13.7 Å². The summed E-state index contributed by atoms with van der Waals surface area (Å²) in [5.74, 6) is 9.22. The van der Waals surface area contributed by atoms with Crippen LogP contribution < -0.4 is 15.3 Å². The van der Waals surface area contributed by atoms with Crippen molar-refractivity contribution in [2.24, 2.45) is 0 Å². The Morgan fingerprint density at radius 3 is 2.38 bits per heavy atom. The minimum absolute atomic E-state index is 0.571. The molecule has 0 saturated heterocycles. The van der Waals surface area contributed by atoms with Gasteiger partial charge in [-0.05, 0) is 49.2 Å². The quantitative estimate of drug-likeness (QED) is 0.390. The summed E-state index contributed by atoms with van der Waals surface area (Å²) in [5, 5.41) is 9.02. The SMILES string of the molecule is COc1ccc(-c2nnc(SCCOc3c(C)cccc3C)n2N)cc1. The number of rotatable bonds is 7. The smallest absolute Gasteiger partial charge is 0.210 e. The van der Waals surface area contributed by atoms with Gasteiger partial charge in [-0.25, -0.2) is 4.68 Å². The molecule has 0 unspecified atom stereocenters. The molecule has 1 heterocycles. The lowest BCUT2D eigenvalue weighted by atomic mass is 10.1. The lowest BCUT2D eigenvalue weighted by molar-refractivity contribution is 0.339. The van der Waals surface area contributed by atoms with Gasteiger partial charge in [0.25, 0.3) is 0 Å². The molecular weight excluding hydrogens is 348 g/mol. The van der Waals surface area contributed by atoms with E-state index in [0.717, 1.165) is 33.9 Å². The van der Waals surface area contributed by atoms with Crippen molar-refractivity contribution >= 4 is 11.8 Å². The summed E-state index contributed by atoms with van der Waals surface area (Å²) >= 11 is 1.52. The third-order valence-corrected chi connectivity index (χ3v) is 4.89. The third kappa shape index (κ3) is 3.94. The van der Waals surface area contributed by atoms with Crippen molar-refractivity contribution in [3.63, 3.8) is 0 Å². The van der Waals surface area contributed by atoms with Crippen LogP contribution >= 0.6 is 11.8 Å². The normalized spacial score (nSPS) is 10.7. The molecule has 0 saturated carbocycles. The molecule has 0 radical (unpaired) electrons. The summed E-state index contributed by atoms with van der Waals surface area (Å²) in [6.07, 6.45) is 0. The second-order valence-corrected chi connectivity index (χ2v) is 6.88. The van der Waals surface area contributed by atoms with Crippen LogP contribution in [0.25, 0.3) is 11.4 Å². The van der Waals surface area contributed by atoms with Crippen molar-refractivity contribution in [2.45, 2.75) is 19.0 Å². The molecular formula is C19H22N4O2S. The molecule has 0 aliphatic rings. The Balaban J connectivity index is 1.60. The van der Waals surface area contributed by atoms with Crippen LogP contribution in [0.5, 0.6) is 11.5 Å². The first kappa shape index (κ1) is 18.1. The number of nitrogen functional groups attached to an aromatic ring is 1. The average molecular weight is 370 g/mol. The standard InChI is InChI=1S/C19H22N4O2S/c1-13-5-4-6-14(2)17(13)25-11-12-26-19-22-21-18(23(19)20)15-7-9-16(24-3)10-8-15/h4-10H,11-12,20H2,1-3H3. The molecule has 136 valence electrons. The van der Waals surface area contributed by atoms with Crippen molar-refractivity contribution in [3.05, 3.63) is 53.6 Å². The lowest BCUT2D eigenvalue weighted by Crippen LogP contribution is -2.12. The molecule has 0 amide bonds. The fraction of sp³-hybridized carbons (Fsp3) is 0.263. The van der Waals surface area contributed by atoms with E-state index < -0.39 is 0 Å². The Hall–Kier alpha value is -2.67. The van der Waals surface area contributed by atoms with E-state index in [9.17, 15) is 0 Å². The predicted molar refractivity (Wildman–Crippen MR) is 104 cm³/mol. The van der Waals surface area contributed by atoms with Crippen LogP contribution in [0.2, 0.25) is 0 Å². The summed E-state index contributed by atoms with van der Waals surface area (Å²) in [7, 11) is 1.63. The maximum atomic E-state index is 6.15. The van der Waals surface area contributed by atoms with Gasteiger partial charge in [-0.3, -0.25) is 0 Å². The van der Waals surface area contributed by atoms with Gasteiger partial charge in [0.2, 0.25) is 5.16 Å². The summed E-state index contributed by atoms with van der Waals surface area (Å²) in [6, 6.07) is 13.7. The molecule has 0 atom stereocenters.